The molecular weight excluding hydrogens is 625 g/mol. The Morgan fingerprint density at radius 2 is 0.880 bits per heavy atom. The zero-order chi connectivity index (χ0) is 32.8. The molecule has 0 saturated heterocycles. The maximum Gasteiger partial charge on any atom is 0.136 e. The lowest BCUT2D eigenvalue weighted by molar-refractivity contribution is 0.669. The van der Waals surface area contributed by atoms with E-state index in [9.17, 15) is 0 Å². The summed E-state index contributed by atoms with van der Waals surface area (Å²) in [6.07, 6.45) is 0. The van der Waals surface area contributed by atoms with E-state index in [-0.39, 0.29) is 0 Å². The number of rotatable bonds is 3. The van der Waals surface area contributed by atoms with Gasteiger partial charge in [0.05, 0.1) is 0 Å². The van der Waals surface area contributed by atoms with Crippen LogP contribution in [-0.4, -0.2) is 0 Å². The number of thiophene rings is 1. The maximum atomic E-state index is 6.55. The van der Waals surface area contributed by atoms with E-state index >= 15 is 0 Å². The highest BCUT2D eigenvalue weighted by atomic mass is 32.1. The van der Waals surface area contributed by atoms with Gasteiger partial charge in [0.1, 0.15) is 11.2 Å². The van der Waals surface area contributed by atoms with E-state index in [0.29, 0.717) is 0 Å². The summed E-state index contributed by atoms with van der Waals surface area (Å²) >= 11 is 1.84. The molecule has 2 aromatic heterocycles. The largest absolute Gasteiger partial charge is 0.456 e. The fraction of sp³-hybridized carbons (Fsp3) is 0. The second-order valence-electron chi connectivity index (χ2n) is 13.2. The molecule has 11 aromatic rings. The number of benzene rings is 9. The first-order valence-corrected chi connectivity index (χ1v) is 17.9. The first-order valence-electron chi connectivity index (χ1n) is 17.1. The first-order chi connectivity index (χ1) is 24.8. The van der Waals surface area contributed by atoms with Crippen LogP contribution in [0.5, 0.6) is 0 Å². The predicted molar refractivity (Wildman–Crippen MR) is 215 cm³/mol. The highest BCUT2D eigenvalue weighted by molar-refractivity contribution is 7.26. The van der Waals surface area contributed by atoms with Gasteiger partial charge in [-0.1, -0.05) is 140 Å². The minimum absolute atomic E-state index is 0.918. The van der Waals surface area contributed by atoms with Crippen molar-refractivity contribution in [2.24, 2.45) is 0 Å². The molecule has 2 heteroatoms. The molecule has 0 N–H and O–H groups in total. The monoisotopic (exact) mass is 652 g/mol. The topological polar surface area (TPSA) is 13.1 Å². The third-order valence-corrected chi connectivity index (χ3v) is 11.6. The van der Waals surface area contributed by atoms with Crippen LogP contribution in [0.4, 0.5) is 0 Å². The molecule has 232 valence electrons. The smallest absolute Gasteiger partial charge is 0.136 e. The Hall–Kier alpha value is -6.22. The van der Waals surface area contributed by atoms with E-state index in [1.807, 2.05) is 11.3 Å². The summed E-state index contributed by atoms with van der Waals surface area (Å²) in [5.41, 5.74) is 9.19. The van der Waals surface area contributed by atoms with Crippen molar-refractivity contribution in [2.45, 2.75) is 0 Å². The zero-order valence-corrected chi connectivity index (χ0v) is 27.8. The fourth-order valence-electron chi connectivity index (χ4n) is 8.18. The Balaban J connectivity index is 1.03. The van der Waals surface area contributed by atoms with Crippen LogP contribution in [0.1, 0.15) is 0 Å². The van der Waals surface area contributed by atoms with Crippen LogP contribution < -0.4 is 0 Å². The van der Waals surface area contributed by atoms with Crippen molar-refractivity contribution in [1.29, 1.82) is 0 Å². The van der Waals surface area contributed by atoms with Gasteiger partial charge in [0, 0.05) is 30.9 Å². The average molecular weight is 653 g/mol. The van der Waals surface area contributed by atoms with Gasteiger partial charge in [-0.15, -0.1) is 11.3 Å². The summed E-state index contributed by atoms with van der Waals surface area (Å²) in [5, 5.41) is 12.6. The molecule has 11 rings (SSSR count). The third kappa shape index (κ3) is 4.06. The molecule has 0 radical (unpaired) electrons. The van der Waals surface area contributed by atoms with E-state index in [0.717, 1.165) is 22.1 Å². The van der Waals surface area contributed by atoms with Crippen molar-refractivity contribution in [3.63, 3.8) is 0 Å². The molecule has 0 spiro atoms. The van der Waals surface area contributed by atoms with Gasteiger partial charge in [-0.05, 0) is 96.0 Å². The Morgan fingerprint density at radius 1 is 0.320 bits per heavy atom. The molecule has 2 heterocycles. The molecule has 0 amide bonds. The molecule has 0 atom stereocenters. The van der Waals surface area contributed by atoms with Gasteiger partial charge in [-0.3, -0.25) is 0 Å². The van der Waals surface area contributed by atoms with Gasteiger partial charge < -0.3 is 4.42 Å². The van der Waals surface area contributed by atoms with Gasteiger partial charge in [-0.25, -0.2) is 0 Å². The second kappa shape index (κ2) is 10.6. The van der Waals surface area contributed by atoms with E-state index in [4.69, 9.17) is 4.42 Å². The molecule has 1 nitrogen and oxygen atoms in total. The van der Waals surface area contributed by atoms with Crippen LogP contribution in [0.15, 0.2) is 174 Å². The Bertz CT molecular complexity index is 3070. The molecule has 50 heavy (non-hydrogen) atoms. The number of hydrogen-bond acceptors (Lipinski definition) is 2. The van der Waals surface area contributed by atoms with Crippen LogP contribution in [0, 0.1) is 0 Å². The summed E-state index contributed by atoms with van der Waals surface area (Å²) in [6, 6.07) is 61.9. The molecule has 0 aliphatic carbocycles. The van der Waals surface area contributed by atoms with E-state index in [2.05, 4.69) is 170 Å². The SMILES string of the molecule is c1ccc(-c2c3ccccc3c(-c3ccc(-c4ccc5c(c4)oc4cc6sc7ccc8ccccc8c7c6cc45)cc3)c3ccccc23)cc1. The summed E-state index contributed by atoms with van der Waals surface area (Å²) < 4.78 is 9.12. The van der Waals surface area contributed by atoms with Gasteiger partial charge in [0.15, 0.2) is 0 Å². The normalized spacial score (nSPS) is 12.0. The molecule has 0 unspecified atom stereocenters. The predicted octanol–water partition coefficient (Wildman–Crippen LogP) is 14.4. The number of furan rings is 1. The molecule has 0 fully saturated rings. The Labute approximate surface area is 292 Å². The summed E-state index contributed by atoms with van der Waals surface area (Å²) in [4.78, 5) is 0. The van der Waals surface area contributed by atoms with Gasteiger partial charge in [-0.2, -0.15) is 0 Å². The second-order valence-corrected chi connectivity index (χ2v) is 14.3. The summed E-state index contributed by atoms with van der Waals surface area (Å²) in [6.45, 7) is 0. The van der Waals surface area contributed by atoms with Crippen molar-refractivity contribution in [3.05, 3.63) is 170 Å². The number of fused-ring (bicyclic) bond motifs is 10. The van der Waals surface area contributed by atoms with Crippen LogP contribution in [0.2, 0.25) is 0 Å². The van der Waals surface area contributed by atoms with Crippen molar-refractivity contribution < 1.29 is 4.42 Å². The standard InChI is InChI=1S/C48H28OS/c1-2-11-31(12-3-1)46-36-14-6-8-16-38(36)47(39-17-9-7-15-37(39)46)32-20-18-29(19-21-32)33-22-24-35-40-27-41-45(28-43(40)49-42(35)26-33)50-44-25-23-30-10-4-5-13-34(30)48(41)44/h1-28H. The quantitative estimate of drug-likeness (QED) is 0.173. The molecule has 0 aliphatic heterocycles. The fourth-order valence-corrected chi connectivity index (χ4v) is 9.31. The van der Waals surface area contributed by atoms with Gasteiger partial charge in [0.2, 0.25) is 0 Å². The first kappa shape index (κ1) is 27.7. The van der Waals surface area contributed by atoms with E-state index < -0.39 is 0 Å². The highest BCUT2D eigenvalue weighted by Crippen LogP contribution is 2.45. The highest BCUT2D eigenvalue weighted by Gasteiger charge is 2.17. The van der Waals surface area contributed by atoms with E-state index in [1.165, 1.54) is 85.7 Å². The van der Waals surface area contributed by atoms with Crippen molar-refractivity contribution in [3.8, 4) is 33.4 Å². The van der Waals surface area contributed by atoms with Crippen LogP contribution in [0.25, 0.3) is 108 Å². The maximum absolute atomic E-state index is 6.55. The summed E-state index contributed by atoms with van der Waals surface area (Å²) in [7, 11) is 0. The van der Waals surface area contributed by atoms with Crippen molar-refractivity contribution >= 4 is 85.8 Å². The third-order valence-electron chi connectivity index (χ3n) is 10.5. The lowest BCUT2D eigenvalue weighted by Gasteiger charge is -2.18. The molecule has 9 aromatic carbocycles. The zero-order valence-electron chi connectivity index (χ0n) is 27.0. The lowest BCUT2D eigenvalue weighted by Crippen LogP contribution is -1.90. The van der Waals surface area contributed by atoms with E-state index in [1.54, 1.807) is 0 Å². The van der Waals surface area contributed by atoms with Crippen molar-refractivity contribution in [1.82, 2.24) is 0 Å². The van der Waals surface area contributed by atoms with Gasteiger partial charge >= 0.3 is 0 Å². The van der Waals surface area contributed by atoms with Crippen LogP contribution >= 0.6 is 11.3 Å². The Morgan fingerprint density at radius 3 is 1.58 bits per heavy atom. The molecule has 0 bridgehead atoms. The summed E-state index contributed by atoms with van der Waals surface area (Å²) in [5.74, 6) is 0. The molecular formula is C48H28OS. The molecule has 0 aliphatic rings. The van der Waals surface area contributed by atoms with Crippen molar-refractivity contribution in [2.75, 3.05) is 0 Å². The van der Waals surface area contributed by atoms with Crippen LogP contribution in [0.3, 0.4) is 0 Å². The Kier molecular flexibility index (Phi) is 5.89. The average Bonchev–Trinajstić information content (AvgIpc) is 3.73. The van der Waals surface area contributed by atoms with Crippen LogP contribution in [-0.2, 0) is 0 Å². The van der Waals surface area contributed by atoms with Gasteiger partial charge in [0.25, 0.3) is 0 Å². The minimum Gasteiger partial charge on any atom is -0.456 e. The lowest BCUT2D eigenvalue weighted by atomic mass is 9.86. The molecule has 0 saturated carbocycles. The number of hydrogen-bond donors (Lipinski definition) is 0. The minimum atomic E-state index is 0.918.